The highest BCUT2D eigenvalue weighted by Crippen LogP contribution is 2.31. The normalized spacial score (nSPS) is 15.7. The predicted molar refractivity (Wildman–Crippen MR) is 98.0 cm³/mol. The number of carbonyl (C=O) groups excluding carboxylic acids is 1. The number of hydrogen-bond acceptors (Lipinski definition) is 8. The first-order chi connectivity index (χ1) is 12.4. The Hall–Kier alpha value is -2.65. The third-order valence-electron chi connectivity index (χ3n) is 3.16. The van der Waals surface area contributed by atoms with Crippen molar-refractivity contribution in [2.45, 2.75) is 6.92 Å². The summed E-state index contributed by atoms with van der Waals surface area (Å²) in [6.45, 7) is 2.09. The zero-order chi connectivity index (χ0) is 18.7. The van der Waals surface area contributed by atoms with Gasteiger partial charge >= 0.3 is 16.1 Å². The molecule has 3 rings (SSSR count). The van der Waals surface area contributed by atoms with Crippen molar-refractivity contribution in [3.8, 4) is 11.5 Å². The Labute approximate surface area is 154 Å². The molecule has 0 spiro atoms. The van der Waals surface area contributed by atoms with E-state index in [1.165, 1.54) is 23.5 Å². The fourth-order valence-corrected chi connectivity index (χ4v) is 3.30. The molecule has 0 atom stereocenters. The molecule has 1 aromatic carbocycles. The van der Waals surface area contributed by atoms with Crippen molar-refractivity contribution in [3.63, 3.8) is 0 Å². The summed E-state index contributed by atoms with van der Waals surface area (Å²) in [5, 5.41) is 1.86. The highest BCUT2D eigenvalue weighted by atomic mass is 32.2. The Morgan fingerprint density at radius 2 is 2.08 bits per heavy atom. The van der Waals surface area contributed by atoms with Crippen LogP contribution in [0.15, 0.2) is 46.4 Å². The summed E-state index contributed by atoms with van der Waals surface area (Å²) in [6.07, 6.45) is 2.49. The van der Waals surface area contributed by atoms with Crippen molar-refractivity contribution in [2.75, 3.05) is 12.9 Å². The standard InChI is InChI=1S/C17H15NO6S2/c1-3-22-14-10-11(6-7-13(14)24-26(2,20)21)9-12-17(19)23-16(18-12)15-5-4-8-25-15/h4-10H,3H2,1-2H3/b12-9+. The maximum Gasteiger partial charge on any atom is 0.363 e. The van der Waals surface area contributed by atoms with E-state index in [-0.39, 0.29) is 23.1 Å². The molecule has 0 fully saturated rings. The number of esters is 1. The highest BCUT2D eigenvalue weighted by Gasteiger charge is 2.24. The van der Waals surface area contributed by atoms with Crippen molar-refractivity contribution in [1.29, 1.82) is 0 Å². The van der Waals surface area contributed by atoms with Crippen LogP contribution in [0.3, 0.4) is 0 Å². The summed E-state index contributed by atoms with van der Waals surface area (Å²) in [4.78, 5) is 17.0. The Morgan fingerprint density at radius 3 is 2.73 bits per heavy atom. The first-order valence-corrected chi connectivity index (χ1v) is 10.3. The van der Waals surface area contributed by atoms with Crippen LogP contribution >= 0.6 is 11.3 Å². The van der Waals surface area contributed by atoms with Crippen LogP contribution in [-0.2, 0) is 19.6 Å². The molecule has 9 heteroatoms. The number of hydrogen-bond donors (Lipinski definition) is 0. The molecule has 0 aliphatic carbocycles. The molecule has 1 aliphatic heterocycles. The van der Waals surface area contributed by atoms with Crippen molar-refractivity contribution < 1.29 is 26.9 Å². The van der Waals surface area contributed by atoms with E-state index in [1.54, 1.807) is 19.1 Å². The maximum absolute atomic E-state index is 12.0. The van der Waals surface area contributed by atoms with Gasteiger partial charge in [-0.1, -0.05) is 12.1 Å². The molecule has 0 saturated heterocycles. The van der Waals surface area contributed by atoms with Crippen LogP contribution in [-0.4, -0.2) is 33.1 Å². The van der Waals surface area contributed by atoms with Crippen LogP contribution in [0.5, 0.6) is 11.5 Å². The van der Waals surface area contributed by atoms with Crippen LogP contribution in [0, 0.1) is 0 Å². The second-order valence-corrected chi connectivity index (χ2v) is 7.76. The average Bonchev–Trinajstić information content (AvgIpc) is 3.19. The lowest BCUT2D eigenvalue weighted by atomic mass is 10.1. The average molecular weight is 393 g/mol. The molecule has 0 radical (unpaired) electrons. The minimum atomic E-state index is -3.68. The number of aliphatic imine (C=N–C) groups is 1. The van der Waals surface area contributed by atoms with Crippen molar-refractivity contribution in [3.05, 3.63) is 51.8 Å². The molecule has 0 bridgehead atoms. The van der Waals surface area contributed by atoms with Crippen LogP contribution in [0.25, 0.3) is 6.08 Å². The molecule has 1 aromatic heterocycles. The van der Waals surface area contributed by atoms with E-state index in [4.69, 9.17) is 13.7 Å². The predicted octanol–water partition coefficient (Wildman–Crippen LogP) is 2.83. The second-order valence-electron chi connectivity index (χ2n) is 5.24. The van der Waals surface area contributed by atoms with Crippen molar-refractivity contribution >= 4 is 39.4 Å². The first kappa shape index (κ1) is 18.2. The molecule has 2 aromatic rings. The number of carbonyl (C=O) groups is 1. The van der Waals surface area contributed by atoms with Crippen LogP contribution in [0.2, 0.25) is 0 Å². The first-order valence-electron chi connectivity index (χ1n) is 7.58. The lowest BCUT2D eigenvalue weighted by Crippen LogP contribution is -2.07. The summed E-state index contributed by atoms with van der Waals surface area (Å²) < 4.78 is 38.2. The molecule has 136 valence electrons. The van der Waals surface area contributed by atoms with Gasteiger partial charge in [0.05, 0.1) is 17.7 Å². The number of nitrogens with zero attached hydrogens (tertiary/aromatic N) is 1. The second kappa shape index (κ2) is 7.30. The number of benzene rings is 1. The third kappa shape index (κ3) is 4.30. The summed E-state index contributed by atoms with van der Waals surface area (Å²) >= 11 is 1.42. The van der Waals surface area contributed by atoms with Crippen molar-refractivity contribution in [1.82, 2.24) is 0 Å². The zero-order valence-corrected chi connectivity index (χ0v) is 15.6. The van der Waals surface area contributed by atoms with Gasteiger partial charge in [0.2, 0.25) is 5.90 Å². The fraction of sp³-hybridized carbons (Fsp3) is 0.176. The fourth-order valence-electron chi connectivity index (χ4n) is 2.19. The number of rotatable bonds is 6. The molecular weight excluding hydrogens is 378 g/mol. The lowest BCUT2D eigenvalue weighted by Gasteiger charge is -2.10. The molecule has 0 unspecified atom stereocenters. The molecule has 1 aliphatic rings. The van der Waals surface area contributed by atoms with Crippen molar-refractivity contribution in [2.24, 2.45) is 4.99 Å². The molecule has 7 nitrogen and oxygen atoms in total. The molecule has 26 heavy (non-hydrogen) atoms. The van der Waals surface area contributed by atoms with E-state index in [0.29, 0.717) is 12.2 Å². The largest absolute Gasteiger partial charge is 0.490 e. The van der Waals surface area contributed by atoms with Gasteiger partial charge in [0.1, 0.15) is 0 Å². The molecule has 2 heterocycles. The Balaban J connectivity index is 1.93. The van der Waals surface area contributed by atoms with Gasteiger partial charge in [0.25, 0.3) is 0 Å². The van der Waals surface area contributed by atoms with E-state index in [9.17, 15) is 13.2 Å². The van der Waals surface area contributed by atoms with Gasteiger partial charge in [-0.15, -0.1) is 11.3 Å². The summed E-state index contributed by atoms with van der Waals surface area (Å²) in [5.41, 5.74) is 0.741. The molecular formula is C17H15NO6S2. The summed E-state index contributed by atoms with van der Waals surface area (Å²) in [7, 11) is -3.68. The van der Waals surface area contributed by atoms with Gasteiger partial charge in [-0.25, -0.2) is 9.79 Å². The number of cyclic esters (lactones) is 1. The van der Waals surface area contributed by atoms with E-state index in [2.05, 4.69) is 4.99 Å². The van der Waals surface area contributed by atoms with Gasteiger partial charge in [-0.05, 0) is 42.1 Å². The van der Waals surface area contributed by atoms with Gasteiger partial charge in [-0.3, -0.25) is 0 Å². The topological polar surface area (TPSA) is 91.3 Å². The summed E-state index contributed by atoms with van der Waals surface area (Å²) in [6, 6.07) is 8.28. The minimum Gasteiger partial charge on any atom is -0.490 e. The molecule has 0 N–H and O–H groups in total. The summed E-state index contributed by atoms with van der Waals surface area (Å²) in [5.74, 6) is 0.0375. The quantitative estimate of drug-likeness (QED) is 0.426. The number of thiophene rings is 1. The van der Waals surface area contributed by atoms with E-state index in [0.717, 1.165) is 11.1 Å². The molecule has 0 saturated carbocycles. The van der Waals surface area contributed by atoms with Crippen LogP contribution in [0.1, 0.15) is 17.4 Å². The Kier molecular flexibility index (Phi) is 5.10. The maximum atomic E-state index is 12.0. The van der Waals surface area contributed by atoms with Gasteiger partial charge in [0.15, 0.2) is 17.2 Å². The smallest absolute Gasteiger partial charge is 0.363 e. The molecule has 0 amide bonds. The Bertz CT molecular complexity index is 990. The third-order valence-corrected chi connectivity index (χ3v) is 4.50. The van der Waals surface area contributed by atoms with Crippen LogP contribution < -0.4 is 8.92 Å². The van der Waals surface area contributed by atoms with Gasteiger partial charge in [0, 0.05) is 0 Å². The van der Waals surface area contributed by atoms with Gasteiger partial charge in [-0.2, -0.15) is 8.42 Å². The SMILES string of the molecule is CCOc1cc(/C=C2/N=C(c3cccs3)OC2=O)ccc1OS(C)(=O)=O. The lowest BCUT2D eigenvalue weighted by molar-refractivity contribution is -0.129. The van der Waals surface area contributed by atoms with Crippen LogP contribution in [0.4, 0.5) is 0 Å². The minimum absolute atomic E-state index is 0.0771. The van der Waals surface area contributed by atoms with E-state index < -0.39 is 16.1 Å². The monoisotopic (exact) mass is 393 g/mol. The van der Waals surface area contributed by atoms with E-state index >= 15 is 0 Å². The van der Waals surface area contributed by atoms with E-state index in [1.807, 2.05) is 17.5 Å². The number of ether oxygens (including phenoxy) is 2. The van der Waals surface area contributed by atoms with Gasteiger partial charge < -0.3 is 13.7 Å². The Morgan fingerprint density at radius 1 is 1.27 bits per heavy atom. The highest BCUT2D eigenvalue weighted by molar-refractivity contribution is 7.86. The zero-order valence-electron chi connectivity index (χ0n) is 14.0.